The van der Waals surface area contributed by atoms with Crippen molar-refractivity contribution in [3.8, 4) is 11.5 Å². The van der Waals surface area contributed by atoms with E-state index in [1.165, 1.54) is 86.1 Å². The van der Waals surface area contributed by atoms with Crippen LogP contribution in [0.25, 0.3) is 21.8 Å². The van der Waals surface area contributed by atoms with E-state index in [-0.39, 0.29) is 60.8 Å². The molecule has 13 rings (SSSR count). The Balaban J connectivity index is 0.000000182. The van der Waals surface area contributed by atoms with Gasteiger partial charge < -0.3 is 39.5 Å². The lowest BCUT2D eigenvalue weighted by molar-refractivity contribution is -0.124. The Kier molecular flexibility index (Phi) is 30.2. The number of hydrogen-bond acceptors (Lipinski definition) is 12. The predicted molar refractivity (Wildman–Crippen MR) is 434 cm³/mol. The fourth-order valence-electron chi connectivity index (χ4n) is 15.4. The summed E-state index contributed by atoms with van der Waals surface area (Å²) < 4.78 is 24.5. The van der Waals surface area contributed by atoms with Gasteiger partial charge >= 0.3 is 0 Å². The number of ether oxygens (including phenoxy) is 2. The number of fused-ring (bicyclic) bond motifs is 2. The molecule has 0 bridgehead atoms. The van der Waals surface area contributed by atoms with Crippen molar-refractivity contribution in [3.63, 3.8) is 0 Å². The number of nitrogens with zero attached hydrogens (tertiary/aromatic N) is 8. The zero-order valence-electron chi connectivity index (χ0n) is 65.9. The molecule has 574 valence electrons. The Labute approximate surface area is 637 Å². The van der Waals surface area contributed by atoms with Crippen LogP contribution in [-0.2, 0) is 4.79 Å². The van der Waals surface area contributed by atoms with Crippen molar-refractivity contribution >= 4 is 45.3 Å². The number of methoxy groups -OCH3 is 2. The van der Waals surface area contributed by atoms with E-state index in [1.807, 2.05) is 73.3 Å². The van der Waals surface area contributed by atoms with Gasteiger partial charge in [0.25, 0.3) is 23.5 Å². The van der Waals surface area contributed by atoms with E-state index in [1.54, 1.807) is 31.4 Å². The number of amides is 3. The number of benzene rings is 6. The minimum absolute atomic E-state index is 0. The van der Waals surface area contributed by atoms with Crippen LogP contribution in [0.15, 0.2) is 176 Å². The van der Waals surface area contributed by atoms with Gasteiger partial charge in [-0.25, -0.2) is 4.39 Å². The fourth-order valence-corrected chi connectivity index (χ4v) is 15.4. The molecule has 17 nitrogen and oxygen atoms in total. The number of pyridine rings is 1. The molecule has 3 N–H and O–H groups in total. The third-order valence-corrected chi connectivity index (χ3v) is 22.0. The van der Waals surface area contributed by atoms with E-state index in [0.717, 1.165) is 53.8 Å². The van der Waals surface area contributed by atoms with Gasteiger partial charge in [-0.1, -0.05) is 124 Å². The van der Waals surface area contributed by atoms with Crippen LogP contribution < -0.4 is 14.8 Å². The van der Waals surface area contributed by atoms with E-state index >= 15 is 0 Å². The second-order valence-electron chi connectivity index (χ2n) is 30.2. The third kappa shape index (κ3) is 21.0. The first-order chi connectivity index (χ1) is 50.7. The lowest BCUT2D eigenvalue weighted by atomic mass is 9.92. The van der Waals surface area contributed by atoms with Crippen molar-refractivity contribution in [1.82, 2.24) is 54.6 Å². The summed E-state index contributed by atoms with van der Waals surface area (Å²) in [5, 5.41) is 5.04. The molecule has 18 heteroatoms. The first-order valence-electron chi connectivity index (χ1n) is 38.0. The molecule has 4 saturated heterocycles. The summed E-state index contributed by atoms with van der Waals surface area (Å²) in [4.78, 5) is 77.7. The number of likely N-dealkylation sites (tertiary alicyclic amines) is 1. The smallest absolute Gasteiger partial charge is 0.294 e. The number of aromatic nitrogens is 3. The molecule has 6 aromatic carbocycles. The first-order valence-corrected chi connectivity index (χ1v) is 38.0. The summed E-state index contributed by atoms with van der Waals surface area (Å²) in [6.07, 6.45) is 7.97. The van der Waals surface area contributed by atoms with Crippen LogP contribution in [0.2, 0.25) is 0 Å². The zero-order valence-corrected chi connectivity index (χ0v) is 65.9. The summed E-state index contributed by atoms with van der Waals surface area (Å²) in [6.45, 7) is 36.9. The molecule has 4 fully saturated rings. The van der Waals surface area contributed by atoms with Gasteiger partial charge in [-0.2, -0.15) is 0 Å². The van der Waals surface area contributed by atoms with Crippen molar-refractivity contribution < 1.29 is 33.0 Å². The molecule has 107 heavy (non-hydrogen) atoms. The topological polar surface area (TPSA) is 166 Å². The molecule has 12 atom stereocenters. The number of piperidine rings is 1. The summed E-state index contributed by atoms with van der Waals surface area (Å²) >= 11 is 0. The Morgan fingerprint density at radius 1 is 0.505 bits per heavy atom. The Hall–Kier alpha value is -9.04. The minimum Gasteiger partial charge on any atom is -0.496 e. The Bertz CT molecular complexity index is 4200. The molecule has 9 aromatic rings. The van der Waals surface area contributed by atoms with E-state index in [9.17, 15) is 23.6 Å². The zero-order chi connectivity index (χ0) is 76.6. The molecular weight excluding hydrogens is 1340 g/mol. The van der Waals surface area contributed by atoms with Crippen LogP contribution in [0.5, 0.6) is 11.5 Å². The Morgan fingerprint density at radius 2 is 0.972 bits per heavy atom. The number of H-pyrrole nitrogens is 2. The van der Waals surface area contributed by atoms with Gasteiger partial charge in [-0.15, -0.1) is 0 Å². The minimum atomic E-state index is -0.648. The normalized spacial score (nSPS) is 21.7. The SMILES string of the molecule is C.CC(c1ccccc1)N1C[C@@H](C)CC[C@@H]1C.CC(c1ccccc1)N1C[C@@H](C)NC[C@@H]1C.COc1cc2[nH]cc(C(=O)C(=O)N(C)C)c2cc1C(=O)N1C[C@H](C)N(C(C)c2ccc(F)cc2)C[C@H]1C.COc1cc2[nH]ccc2cc1C(=O)N1C[C@H](C)N(C(C)c2ccccc2)C[C@H]1C.Cc1ccc(C)nc1. The third-order valence-electron chi connectivity index (χ3n) is 22.0. The first kappa shape index (κ1) is 83.6. The number of likely N-dealkylation sites (N-methyl/N-ethyl adjacent to an activating group) is 1. The molecule has 0 aliphatic carbocycles. The van der Waals surface area contributed by atoms with Gasteiger partial charge in [0.1, 0.15) is 17.3 Å². The van der Waals surface area contributed by atoms with Gasteiger partial charge in [0, 0.05) is 185 Å². The van der Waals surface area contributed by atoms with Crippen molar-refractivity contribution in [1.29, 1.82) is 0 Å². The van der Waals surface area contributed by atoms with Crippen LogP contribution in [-0.4, -0.2) is 189 Å². The van der Waals surface area contributed by atoms with Crippen LogP contribution in [0.3, 0.4) is 0 Å². The standard InChI is InChI=1S/C28H33FN4O4.C24H29N3O2.C15H23N.C14H22N2.C7H9N.CH4/c1-16-15-33(17(2)14-32(16)18(3)19-7-9-20(29)10-8-19)27(35)22-11-21-23(26(34)28(36)31(4)5)13-30-24(21)12-25(22)37-6;1-16-15-27(17(2)14-26(16)18(3)19-8-6-5-7-9-19)24(28)21-12-20-10-11-25-22(20)13-23(21)29-4;1-12-9-10-13(2)16(11-12)14(3)15-7-5-4-6-8-15;1-11-10-16(12(2)9-15-11)13(3)14-7-5-4-6-8-14;1-6-3-4-7(2)8-5-6;/h7-13,16-18,30H,14-15H2,1-6H3;5-13,16-18,25H,14-15H2,1-4H3;4-8,12-14H,9-11H2,1-3H3;4-8,11-13,15H,9-10H2,1-3H3;3-5H,1-2H3;1H4/t2*16-,17+,18?;12-,13-,14?;11-,12+,13?;;/m0001../s1. The van der Waals surface area contributed by atoms with Gasteiger partial charge in [0.05, 0.1) is 30.9 Å². The molecule has 4 unspecified atom stereocenters. The molecule has 3 amide bonds. The fraction of sp³-hybridized carbons (Fsp3) is 0.449. The number of halogens is 1. The average molecular weight is 1460 g/mol. The number of hydrogen-bond donors (Lipinski definition) is 3. The van der Waals surface area contributed by atoms with E-state index in [0.29, 0.717) is 83.4 Å². The molecule has 0 radical (unpaired) electrons. The highest BCUT2D eigenvalue weighted by Crippen LogP contribution is 2.36. The highest BCUT2D eigenvalue weighted by molar-refractivity contribution is 6.44. The number of carbonyl (C=O) groups is 4. The molecule has 4 aliphatic rings. The second-order valence-corrected chi connectivity index (χ2v) is 30.2. The lowest BCUT2D eigenvalue weighted by Crippen LogP contribution is -2.58. The number of aromatic amines is 2. The van der Waals surface area contributed by atoms with Crippen LogP contribution >= 0.6 is 0 Å². The molecule has 7 heterocycles. The van der Waals surface area contributed by atoms with E-state index < -0.39 is 11.7 Å². The average Bonchev–Trinajstić information content (AvgIpc) is 1.74. The summed E-state index contributed by atoms with van der Waals surface area (Å²) in [5.41, 5.74) is 10.2. The van der Waals surface area contributed by atoms with Crippen molar-refractivity contribution in [2.45, 2.75) is 184 Å². The summed E-state index contributed by atoms with van der Waals surface area (Å²) in [7, 11) is 6.15. The second kappa shape index (κ2) is 38.7. The van der Waals surface area contributed by atoms with Gasteiger partial charge in [0.15, 0.2) is 0 Å². The molecule has 4 aliphatic heterocycles. The van der Waals surface area contributed by atoms with Gasteiger partial charge in [0.2, 0.25) is 0 Å². The van der Waals surface area contributed by atoms with Gasteiger partial charge in [-0.3, -0.25) is 43.8 Å². The predicted octanol–water partition coefficient (Wildman–Crippen LogP) is 17.0. The van der Waals surface area contributed by atoms with Crippen LogP contribution in [0, 0.1) is 25.6 Å². The highest BCUT2D eigenvalue weighted by Gasteiger charge is 2.39. The highest BCUT2D eigenvalue weighted by atomic mass is 19.1. The van der Waals surface area contributed by atoms with Gasteiger partial charge in [-0.05, 0) is 173 Å². The monoisotopic (exact) mass is 1460 g/mol. The van der Waals surface area contributed by atoms with E-state index in [4.69, 9.17) is 9.47 Å². The van der Waals surface area contributed by atoms with Crippen molar-refractivity contribution in [3.05, 3.63) is 232 Å². The number of aryl methyl sites for hydroxylation is 2. The molecule has 0 saturated carbocycles. The lowest BCUT2D eigenvalue weighted by Gasteiger charge is -2.46. The molecule has 0 spiro atoms. The maximum absolute atomic E-state index is 13.8. The van der Waals surface area contributed by atoms with Crippen molar-refractivity contribution in [2.24, 2.45) is 5.92 Å². The largest absolute Gasteiger partial charge is 0.496 e. The number of rotatable bonds is 14. The summed E-state index contributed by atoms with van der Waals surface area (Å²) in [5.74, 6) is 0.134. The quantitative estimate of drug-likeness (QED) is 0.0698. The number of carbonyl (C=O) groups excluding carboxylic acids is 4. The maximum Gasteiger partial charge on any atom is 0.294 e. The van der Waals surface area contributed by atoms with E-state index in [2.05, 4.69) is 207 Å². The number of nitrogens with one attached hydrogen (secondary N) is 3. The summed E-state index contributed by atoms with van der Waals surface area (Å²) in [6, 6.07) is 55.7. The molecule has 3 aromatic heterocycles. The maximum atomic E-state index is 13.8. The number of Topliss-reactive ketones (excluding diaryl/α,β-unsaturated/α-hetero) is 1. The van der Waals surface area contributed by atoms with Crippen molar-refractivity contribution in [2.75, 3.05) is 74.1 Å². The number of piperazine rings is 3. The Morgan fingerprint density at radius 3 is 1.44 bits per heavy atom. The van der Waals surface area contributed by atoms with Crippen LogP contribution in [0.1, 0.15) is 192 Å². The molecular formula is C89H120FN11O6. The number of ketones is 1. The van der Waals surface area contributed by atoms with Crippen LogP contribution in [0.4, 0.5) is 4.39 Å².